The molecule has 1 aliphatic heterocycles. The summed E-state index contributed by atoms with van der Waals surface area (Å²) in [6, 6.07) is 0. The van der Waals surface area contributed by atoms with Crippen LogP contribution in [0.5, 0.6) is 0 Å². The summed E-state index contributed by atoms with van der Waals surface area (Å²) in [5.74, 6) is 0.737. The Bertz CT molecular complexity index is 269. The largest absolute Gasteiger partial charge is 0.336 e. The molecular weight excluding hydrogens is 200 g/mol. The van der Waals surface area contributed by atoms with Gasteiger partial charge in [-0.3, -0.25) is 4.79 Å². The van der Waals surface area contributed by atoms with Crippen LogP contribution in [0.25, 0.3) is 0 Å². The molecule has 0 radical (unpaired) electrons. The van der Waals surface area contributed by atoms with Crippen molar-refractivity contribution in [2.24, 2.45) is 5.92 Å². The van der Waals surface area contributed by atoms with Gasteiger partial charge in [-0.2, -0.15) is 0 Å². The molecule has 1 fully saturated rings. The third-order valence-corrected chi connectivity index (χ3v) is 3.36. The molecule has 0 aromatic rings. The third kappa shape index (κ3) is 2.76. The Morgan fingerprint density at radius 3 is 2.38 bits per heavy atom. The van der Waals surface area contributed by atoms with Crippen LogP contribution in [0.15, 0.2) is 0 Å². The molecule has 3 nitrogen and oxygen atoms in total. The summed E-state index contributed by atoms with van der Waals surface area (Å²) in [5.41, 5.74) is -0.467. The lowest BCUT2D eigenvalue weighted by Crippen LogP contribution is -2.56. The monoisotopic (exact) mass is 226 g/mol. The first-order valence-corrected chi connectivity index (χ1v) is 6.24. The average molecular weight is 226 g/mol. The molecule has 1 aliphatic rings. The Morgan fingerprint density at radius 1 is 1.31 bits per heavy atom. The van der Waals surface area contributed by atoms with E-state index < -0.39 is 5.54 Å². The molecule has 1 rings (SSSR count). The molecule has 0 atom stereocenters. The van der Waals surface area contributed by atoms with E-state index in [1.165, 1.54) is 0 Å². The van der Waals surface area contributed by atoms with Crippen LogP contribution < -0.4 is 5.32 Å². The molecule has 0 saturated carbocycles. The number of nitrogens with one attached hydrogen (secondary N) is 1. The zero-order chi connectivity index (χ0) is 12.6. The van der Waals surface area contributed by atoms with Gasteiger partial charge < -0.3 is 10.2 Å². The summed E-state index contributed by atoms with van der Waals surface area (Å²) in [4.78, 5) is 14.5. The normalized spacial score (nSPS) is 24.7. The van der Waals surface area contributed by atoms with Crippen LogP contribution in [0.4, 0.5) is 0 Å². The van der Waals surface area contributed by atoms with Gasteiger partial charge in [-0.25, -0.2) is 0 Å². The van der Waals surface area contributed by atoms with E-state index in [0.717, 1.165) is 19.5 Å². The SMILES string of the molecule is CC(C)CN1C(=O)C(C)(C)NCCC1(C)C. The van der Waals surface area contributed by atoms with Crippen LogP contribution in [-0.2, 0) is 4.79 Å². The number of nitrogens with zero attached hydrogens (tertiary/aromatic N) is 1. The summed E-state index contributed by atoms with van der Waals surface area (Å²) in [5, 5.41) is 3.34. The van der Waals surface area contributed by atoms with E-state index in [-0.39, 0.29) is 11.4 Å². The van der Waals surface area contributed by atoms with Crippen molar-refractivity contribution in [2.45, 2.75) is 59.0 Å². The van der Waals surface area contributed by atoms with Crippen LogP contribution in [0.3, 0.4) is 0 Å². The molecule has 1 saturated heterocycles. The van der Waals surface area contributed by atoms with Gasteiger partial charge in [0.1, 0.15) is 0 Å². The fourth-order valence-corrected chi connectivity index (χ4v) is 2.20. The Labute approximate surface area is 99.6 Å². The summed E-state index contributed by atoms with van der Waals surface area (Å²) in [7, 11) is 0. The van der Waals surface area contributed by atoms with Gasteiger partial charge in [0.05, 0.1) is 5.54 Å². The molecule has 0 aliphatic carbocycles. The summed E-state index contributed by atoms with van der Waals surface area (Å²) < 4.78 is 0. The maximum atomic E-state index is 12.5. The Balaban J connectivity index is 2.98. The molecule has 1 heterocycles. The molecule has 0 bridgehead atoms. The average Bonchev–Trinajstić information content (AvgIpc) is 2.16. The number of hydrogen-bond donors (Lipinski definition) is 1. The highest BCUT2D eigenvalue weighted by atomic mass is 16.2. The van der Waals surface area contributed by atoms with Gasteiger partial charge in [-0.15, -0.1) is 0 Å². The van der Waals surface area contributed by atoms with Crippen molar-refractivity contribution in [1.29, 1.82) is 0 Å². The molecule has 3 heteroatoms. The van der Waals surface area contributed by atoms with Gasteiger partial charge in [0.25, 0.3) is 0 Å². The fourth-order valence-electron chi connectivity index (χ4n) is 2.20. The standard InChI is InChI=1S/C13H26N2O/c1-10(2)9-15-11(16)13(5,6)14-8-7-12(15,3)4/h10,14H,7-9H2,1-6H3. The topological polar surface area (TPSA) is 32.3 Å². The van der Waals surface area contributed by atoms with E-state index in [1.807, 2.05) is 13.8 Å². The molecule has 16 heavy (non-hydrogen) atoms. The second-order valence-electron chi connectivity index (χ2n) is 6.42. The Hall–Kier alpha value is -0.570. The van der Waals surface area contributed by atoms with Crippen LogP contribution in [0.1, 0.15) is 48.0 Å². The van der Waals surface area contributed by atoms with Gasteiger partial charge >= 0.3 is 0 Å². The predicted octanol–water partition coefficient (Wildman–Crippen LogP) is 2.02. The van der Waals surface area contributed by atoms with Gasteiger partial charge in [0.15, 0.2) is 0 Å². The minimum absolute atomic E-state index is 0.0396. The lowest BCUT2D eigenvalue weighted by molar-refractivity contribution is -0.141. The lowest BCUT2D eigenvalue weighted by atomic mass is 9.95. The lowest BCUT2D eigenvalue weighted by Gasteiger charge is -2.40. The van der Waals surface area contributed by atoms with Crippen LogP contribution in [0.2, 0.25) is 0 Å². The molecule has 0 aromatic carbocycles. The molecule has 0 unspecified atom stereocenters. The smallest absolute Gasteiger partial charge is 0.242 e. The maximum absolute atomic E-state index is 12.5. The van der Waals surface area contributed by atoms with E-state index in [4.69, 9.17) is 0 Å². The number of amides is 1. The van der Waals surface area contributed by atoms with E-state index in [1.54, 1.807) is 0 Å². The molecule has 0 spiro atoms. The van der Waals surface area contributed by atoms with Crippen molar-refractivity contribution in [1.82, 2.24) is 10.2 Å². The van der Waals surface area contributed by atoms with E-state index >= 15 is 0 Å². The van der Waals surface area contributed by atoms with Crippen LogP contribution >= 0.6 is 0 Å². The van der Waals surface area contributed by atoms with Crippen molar-refractivity contribution in [2.75, 3.05) is 13.1 Å². The van der Waals surface area contributed by atoms with Crippen molar-refractivity contribution in [3.63, 3.8) is 0 Å². The highest BCUT2D eigenvalue weighted by Crippen LogP contribution is 2.26. The molecule has 0 aromatic heterocycles. The van der Waals surface area contributed by atoms with E-state index in [0.29, 0.717) is 5.92 Å². The highest BCUT2D eigenvalue weighted by molar-refractivity contribution is 5.86. The minimum Gasteiger partial charge on any atom is -0.336 e. The first-order valence-electron chi connectivity index (χ1n) is 6.24. The second-order valence-corrected chi connectivity index (χ2v) is 6.42. The van der Waals surface area contributed by atoms with Crippen molar-refractivity contribution in [3.05, 3.63) is 0 Å². The predicted molar refractivity (Wildman–Crippen MR) is 67.3 cm³/mol. The minimum atomic E-state index is -0.428. The van der Waals surface area contributed by atoms with E-state index in [2.05, 4.69) is 37.9 Å². The molecule has 94 valence electrons. The number of rotatable bonds is 2. The van der Waals surface area contributed by atoms with E-state index in [9.17, 15) is 4.79 Å². The summed E-state index contributed by atoms with van der Waals surface area (Å²) in [6.45, 7) is 14.3. The zero-order valence-electron chi connectivity index (χ0n) is 11.6. The van der Waals surface area contributed by atoms with Crippen LogP contribution in [0, 0.1) is 5.92 Å². The molecule has 1 N–H and O–H groups in total. The fraction of sp³-hybridized carbons (Fsp3) is 0.923. The molecule has 1 amide bonds. The summed E-state index contributed by atoms with van der Waals surface area (Å²) in [6.07, 6.45) is 1.01. The van der Waals surface area contributed by atoms with Gasteiger partial charge in [-0.1, -0.05) is 13.8 Å². The van der Waals surface area contributed by atoms with Crippen molar-refractivity contribution < 1.29 is 4.79 Å². The summed E-state index contributed by atoms with van der Waals surface area (Å²) >= 11 is 0. The number of carbonyl (C=O) groups excluding carboxylic acids is 1. The van der Waals surface area contributed by atoms with Crippen molar-refractivity contribution >= 4 is 5.91 Å². The molecular formula is C13H26N2O. The maximum Gasteiger partial charge on any atom is 0.242 e. The number of carbonyl (C=O) groups is 1. The first-order chi connectivity index (χ1) is 7.17. The first kappa shape index (κ1) is 13.5. The number of hydrogen-bond acceptors (Lipinski definition) is 2. The zero-order valence-corrected chi connectivity index (χ0v) is 11.6. The van der Waals surface area contributed by atoms with Crippen molar-refractivity contribution in [3.8, 4) is 0 Å². The highest BCUT2D eigenvalue weighted by Gasteiger charge is 2.41. The van der Waals surface area contributed by atoms with Gasteiger partial charge in [0, 0.05) is 12.1 Å². The third-order valence-electron chi connectivity index (χ3n) is 3.36. The quantitative estimate of drug-likeness (QED) is 0.781. The second kappa shape index (κ2) is 4.36. The van der Waals surface area contributed by atoms with Crippen LogP contribution in [-0.4, -0.2) is 35.0 Å². The Morgan fingerprint density at radius 2 is 1.88 bits per heavy atom. The Kier molecular flexibility index (Phi) is 3.68. The van der Waals surface area contributed by atoms with Gasteiger partial charge in [0.2, 0.25) is 5.91 Å². The van der Waals surface area contributed by atoms with Gasteiger partial charge in [-0.05, 0) is 46.6 Å².